The van der Waals surface area contributed by atoms with E-state index in [4.69, 9.17) is 9.47 Å². The zero-order chi connectivity index (χ0) is 10.1. The predicted molar refractivity (Wildman–Crippen MR) is 48.0 cm³/mol. The Morgan fingerprint density at radius 1 is 1.50 bits per heavy atom. The van der Waals surface area contributed by atoms with E-state index < -0.39 is 5.97 Å². The van der Waals surface area contributed by atoms with E-state index in [9.17, 15) is 4.79 Å². The molecule has 0 aromatic carbocycles. The smallest absolute Gasteiger partial charge is 0.300 e. The molecule has 1 unspecified atom stereocenters. The Hall–Kier alpha value is 0.494. The summed E-state index contributed by atoms with van der Waals surface area (Å²) in [4.78, 5) is 10.8. The molecule has 0 aliphatic carbocycles. The number of methoxy groups -OCH3 is 1. The summed E-state index contributed by atoms with van der Waals surface area (Å²) >= 11 is 0. The third kappa shape index (κ3) is 10.6. The third-order valence-electron chi connectivity index (χ3n) is 1.24. The van der Waals surface area contributed by atoms with Gasteiger partial charge in [0.15, 0.2) is 0 Å². The van der Waals surface area contributed by atoms with Crippen molar-refractivity contribution in [2.75, 3.05) is 20.3 Å². The molecule has 0 N–H and O–H groups in total. The van der Waals surface area contributed by atoms with Gasteiger partial charge in [-0.3, -0.25) is 4.79 Å². The molecule has 4 nitrogen and oxygen atoms in total. The molecule has 0 spiro atoms. The maximum absolute atomic E-state index is 10.8. The summed E-state index contributed by atoms with van der Waals surface area (Å²) in [6.45, 7) is 5.84. The SMILES string of the molecule is CCCOC(C)[CH-]OC(=O)COC.[Y]. The third-order valence-corrected chi connectivity index (χ3v) is 1.24. The summed E-state index contributed by atoms with van der Waals surface area (Å²) in [5.74, 6) is -0.408. The summed E-state index contributed by atoms with van der Waals surface area (Å²) in [7, 11) is 1.44. The van der Waals surface area contributed by atoms with Gasteiger partial charge in [0.1, 0.15) is 6.61 Å². The number of ether oxygens (including phenoxy) is 3. The number of carbonyl (C=O) groups excluding carboxylic acids is 1. The molecular weight excluding hydrogens is 261 g/mol. The van der Waals surface area contributed by atoms with Gasteiger partial charge < -0.3 is 14.2 Å². The molecule has 0 saturated carbocycles. The van der Waals surface area contributed by atoms with E-state index in [0.29, 0.717) is 6.61 Å². The van der Waals surface area contributed by atoms with Crippen LogP contribution in [0.3, 0.4) is 0 Å². The molecule has 0 saturated heterocycles. The van der Waals surface area contributed by atoms with Gasteiger partial charge in [-0.2, -0.15) is 0 Å². The quantitative estimate of drug-likeness (QED) is 0.517. The molecule has 0 aromatic rings. The van der Waals surface area contributed by atoms with Crippen molar-refractivity contribution in [3.8, 4) is 0 Å². The maximum Gasteiger partial charge on any atom is 0.300 e. The van der Waals surface area contributed by atoms with Gasteiger partial charge in [-0.25, -0.2) is 0 Å². The van der Waals surface area contributed by atoms with E-state index in [-0.39, 0.29) is 45.4 Å². The Labute approximate surface area is 111 Å². The number of esters is 1. The summed E-state index contributed by atoms with van der Waals surface area (Å²) in [5, 5.41) is 0. The molecule has 0 bridgehead atoms. The van der Waals surface area contributed by atoms with Crippen LogP contribution in [0.2, 0.25) is 0 Å². The minimum Gasteiger partial charge on any atom is -0.633 e. The molecular formula is C9H17O4Y-. The van der Waals surface area contributed by atoms with Crippen molar-refractivity contribution in [3.05, 3.63) is 6.61 Å². The van der Waals surface area contributed by atoms with Gasteiger partial charge in [0.05, 0.1) is 0 Å². The van der Waals surface area contributed by atoms with E-state index >= 15 is 0 Å². The second kappa shape index (κ2) is 11.6. The standard InChI is InChI=1S/C9H17O4.Y/c1-4-5-12-8(2)6-13-9(10)7-11-3;/h6,8H,4-5,7H2,1-3H3;/q-1;. The van der Waals surface area contributed by atoms with Crippen LogP contribution in [0, 0.1) is 6.61 Å². The topological polar surface area (TPSA) is 44.8 Å². The zero-order valence-corrected chi connectivity index (χ0v) is 11.8. The number of carbonyl (C=O) groups is 1. The first-order valence-corrected chi connectivity index (χ1v) is 4.34. The van der Waals surface area contributed by atoms with Crippen LogP contribution in [0.4, 0.5) is 0 Å². The largest absolute Gasteiger partial charge is 0.633 e. The molecule has 14 heavy (non-hydrogen) atoms. The van der Waals surface area contributed by atoms with Crippen LogP contribution in [0.5, 0.6) is 0 Å². The summed E-state index contributed by atoms with van der Waals surface area (Å²) in [6, 6.07) is 0. The molecule has 5 heteroatoms. The molecule has 0 aliphatic rings. The second-order valence-corrected chi connectivity index (χ2v) is 2.63. The van der Waals surface area contributed by atoms with Crippen LogP contribution < -0.4 is 0 Å². The first kappa shape index (κ1) is 16.9. The predicted octanol–water partition coefficient (Wildman–Crippen LogP) is 1.15. The van der Waals surface area contributed by atoms with Crippen LogP contribution in [0.1, 0.15) is 20.3 Å². The summed E-state index contributed by atoms with van der Waals surface area (Å²) < 4.78 is 14.6. The Bertz CT molecular complexity index is 141. The zero-order valence-electron chi connectivity index (χ0n) is 8.99. The number of hydrogen-bond acceptors (Lipinski definition) is 4. The van der Waals surface area contributed by atoms with Crippen LogP contribution in [0.25, 0.3) is 0 Å². The van der Waals surface area contributed by atoms with Crippen LogP contribution in [-0.4, -0.2) is 32.4 Å². The first-order valence-electron chi connectivity index (χ1n) is 4.34. The molecule has 81 valence electrons. The van der Waals surface area contributed by atoms with E-state index in [1.165, 1.54) is 13.7 Å². The molecule has 0 rings (SSSR count). The molecule has 0 aromatic heterocycles. The fraction of sp³-hybridized carbons (Fsp3) is 0.778. The Balaban J connectivity index is 0. The Kier molecular flexibility index (Phi) is 14.0. The molecule has 1 radical (unpaired) electrons. The van der Waals surface area contributed by atoms with Gasteiger partial charge in [-0.1, -0.05) is 13.8 Å². The Morgan fingerprint density at radius 3 is 2.64 bits per heavy atom. The molecule has 0 fully saturated rings. The van der Waals surface area contributed by atoms with E-state index in [2.05, 4.69) is 4.74 Å². The minimum atomic E-state index is -0.408. The average Bonchev–Trinajstić information content (AvgIpc) is 2.12. The van der Waals surface area contributed by atoms with Crippen molar-refractivity contribution >= 4 is 5.97 Å². The second-order valence-electron chi connectivity index (χ2n) is 2.63. The van der Waals surface area contributed by atoms with Crippen molar-refractivity contribution < 1.29 is 51.7 Å². The van der Waals surface area contributed by atoms with Crippen molar-refractivity contribution in [2.45, 2.75) is 26.4 Å². The summed E-state index contributed by atoms with van der Waals surface area (Å²) in [5.41, 5.74) is 0. The van der Waals surface area contributed by atoms with Gasteiger partial charge in [0.2, 0.25) is 0 Å². The van der Waals surface area contributed by atoms with Gasteiger partial charge in [0.25, 0.3) is 0 Å². The summed E-state index contributed by atoms with van der Waals surface area (Å²) in [6.07, 6.45) is 0.783. The number of rotatable bonds is 7. The van der Waals surface area contributed by atoms with E-state index in [0.717, 1.165) is 6.42 Å². The fourth-order valence-corrected chi connectivity index (χ4v) is 0.667. The maximum atomic E-state index is 10.8. The molecule has 0 amide bonds. The van der Waals surface area contributed by atoms with Crippen molar-refractivity contribution in [1.29, 1.82) is 0 Å². The molecule has 0 aliphatic heterocycles. The first-order chi connectivity index (χ1) is 6.20. The number of hydrogen-bond donors (Lipinski definition) is 0. The molecule has 0 heterocycles. The van der Waals surface area contributed by atoms with E-state index in [1.54, 1.807) is 0 Å². The normalized spacial score (nSPS) is 11.6. The van der Waals surface area contributed by atoms with Crippen molar-refractivity contribution in [3.63, 3.8) is 0 Å². The van der Waals surface area contributed by atoms with E-state index in [1.807, 2.05) is 13.8 Å². The molecule has 1 atom stereocenters. The van der Waals surface area contributed by atoms with Gasteiger partial charge in [-0.05, 0) is 12.5 Å². The average molecular weight is 278 g/mol. The monoisotopic (exact) mass is 278 g/mol. The van der Waals surface area contributed by atoms with Crippen LogP contribution in [0.15, 0.2) is 0 Å². The van der Waals surface area contributed by atoms with Crippen LogP contribution >= 0.6 is 0 Å². The van der Waals surface area contributed by atoms with Crippen molar-refractivity contribution in [1.82, 2.24) is 0 Å². The van der Waals surface area contributed by atoms with Gasteiger partial charge in [0, 0.05) is 46.4 Å². The Morgan fingerprint density at radius 2 is 2.14 bits per heavy atom. The van der Waals surface area contributed by atoms with Gasteiger partial charge >= 0.3 is 5.97 Å². The van der Waals surface area contributed by atoms with Crippen molar-refractivity contribution in [2.24, 2.45) is 0 Å². The fourth-order valence-electron chi connectivity index (χ4n) is 0.667. The minimum absolute atomic E-state index is 0. The van der Waals surface area contributed by atoms with Gasteiger partial charge in [-0.15, -0.1) is 6.61 Å². The van der Waals surface area contributed by atoms with Crippen LogP contribution in [-0.2, 0) is 51.7 Å².